The van der Waals surface area contributed by atoms with Crippen LogP contribution in [0, 0.1) is 5.92 Å². The number of methoxy groups -OCH3 is 1. The molecule has 1 saturated heterocycles. The molecule has 9 heteroatoms. The average Bonchev–Trinajstić information content (AvgIpc) is 3.57. The second-order valence-corrected chi connectivity index (χ2v) is 9.33. The first-order valence-electron chi connectivity index (χ1n) is 11.6. The van der Waals surface area contributed by atoms with Gasteiger partial charge in [-0.3, -0.25) is 14.5 Å². The van der Waals surface area contributed by atoms with Gasteiger partial charge in [0.05, 0.1) is 19.1 Å². The van der Waals surface area contributed by atoms with E-state index in [0.717, 1.165) is 29.1 Å². The third-order valence-electron chi connectivity index (χ3n) is 7.13. The van der Waals surface area contributed by atoms with E-state index in [1.54, 1.807) is 25.5 Å². The smallest absolute Gasteiger partial charge is 0.325 e. The van der Waals surface area contributed by atoms with Crippen molar-refractivity contribution in [1.29, 1.82) is 0 Å². The van der Waals surface area contributed by atoms with Gasteiger partial charge in [-0.2, -0.15) is 5.10 Å². The van der Waals surface area contributed by atoms with Crippen molar-refractivity contribution in [2.45, 2.75) is 50.6 Å². The van der Waals surface area contributed by atoms with Crippen molar-refractivity contribution in [3.05, 3.63) is 54.0 Å². The fraction of sp³-hybridized carbons (Fsp3) is 0.440. The maximum atomic E-state index is 13.4. The van der Waals surface area contributed by atoms with E-state index in [0.29, 0.717) is 36.7 Å². The molecule has 0 bridgehead atoms. The van der Waals surface area contributed by atoms with E-state index in [4.69, 9.17) is 9.15 Å². The molecule has 2 aromatic rings. The fourth-order valence-electron chi connectivity index (χ4n) is 5.02. The van der Waals surface area contributed by atoms with Crippen LogP contribution in [0.1, 0.15) is 56.4 Å². The normalized spacial score (nSPS) is 26.7. The van der Waals surface area contributed by atoms with Gasteiger partial charge in [0, 0.05) is 6.42 Å². The van der Waals surface area contributed by atoms with Crippen LogP contribution in [0.2, 0.25) is 0 Å². The Morgan fingerprint density at radius 3 is 2.59 bits per heavy atom. The lowest BCUT2D eigenvalue weighted by molar-refractivity contribution is -0.140. The number of carbonyl (C=O) groups excluding carboxylic acids is 3. The molecule has 9 nitrogen and oxygen atoms in total. The lowest BCUT2D eigenvalue weighted by Gasteiger charge is -2.33. The first-order valence-corrected chi connectivity index (χ1v) is 11.6. The lowest BCUT2D eigenvalue weighted by Crippen LogP contribution is -2.49. The number of benzene rings is 1. The summed E-state index contributed by atoms with van der Waals surface area (Å²) >= 11 is 0. The van der Waals surface area contributed by atoms with Gasteiger partial charge in [-0.1, -0.05) is 6.92 Å². The number of ether oxygens (including phenoxy) is 1. The first-order chi connectivity index (χ1) is 16.4. The van der Waals surface area contributed by atoms with E-state index in [9.17, 15) is 14.4 Å². The van der Waals surface area contributed by atoms with E-state index in [2.05, 4.69) is 17.3 Å². The molecule has 1 N–H and O–H groups in total. The second kappa shape index (κ2) is 8.62. The number of carbonyl (C=O) groups is 3. The van der Waals surface area contributed by atoms with Crippen LogP contribution >= 0.6 is 0 Å². The molecule has 2 fully saturated rings. The number of rotatable bonds is 5. The zero-order chi connectivity index (χ0) is 23.9. The number of nitrogens with one attached hydrogen (secondary N) is 1. The third kappa shape index (κ3) is 3.85. The molecule has 178 valence electrons. The minimum absolute atomic E-state index is 0.314. The van der Waals surface area contributed by atoms with Gasteiger partial charge in [-0.25, -0.2) is 9.80 Å². The summed E-state index contributed by atoms with van der Waals surface area (Å²) in [5.74, 6) is 1.09. The summed E-state index contributed by atoms with van der Waals surface area (Å²) in [4.78, 5) is 40.3. The molecule has 3 heterocycles. The number of amides is 4. The molecular formula is C25H28N4O5. The van der Waals surface area contributed by atoms with Crippen molar-refractivity contribution in [1.82, 2.24) is 15.2 Å². The molecule has 1 aliphatic carbocycles. The number of hydrazone groups is 1. The van der Waals surface area contributed by atoms with Crippen LogP contribution in [-0.2, 0) is 9.59 Å². The number of hydrogen-bond donors (Lipinski definition) is 1. The van der Waals surface area contributed by atoms with Crippen molar-refractivity contribution >= 4 is 23.6 Å². The Morgan fingerprint density at radius 2 is 1.94 bits per heavy atom. The van der Waals surface area contributed by atoms with Gasteiger partial charge in [0.2, 0.25) is 0 Å². The van der Waals surface area contributed by atoms with Crippen molar-refractivity contribution in [3.63, 3.8) is 0 Å². The van der Waals surface area contributed by atoms with Gasteiger partial charge in [-0.05, 0) is 73.6 Å². The molecular weight excluding hydrogens is 436 g/mol. The number of urea groups is 1. The predicted molar refractivity (Wildman–Crippen MR) is 123 cm³/mol. The Balaban J connectivity index is 1.37. The minimum atomic E-state index is -0.882. The highest BCUT2D eigenvalue weighted by Gasteiger charge is 2.53. The van der Waals surface area contributed by atoms with Gasteiger partial charge in [0.25, 0.3) is 11.8 Å². The molecule has 1 aromatic heterocycles. The molecule has 1 atom stereocenters. The Hall–Kier alpha value is -3.62. The molecule has 4 amide bonds. The minimum Gasteiger partial charge on any atom is -0.497 e. The molecule has 1 unspecified atom stereocenters. The maximum absolute atomic E-state index is 13.4. The van der Waals surface area contributed by atoms with Crippen molar-refractivity contribution < 1.29 is 23.5 Å². The van der Waals surface area contributed by atoms with Crippen LogP contribution in [0.4, 0.5) is 4.79 Å². The molecule has 2 aliphatic heterocycles. The van der Waals surface area contributed by atoms with Gasteiger partial charge in [0.1, 0.15) is 29.6 Å². The third-order valence-corrected chi connectivity index (χ3v) is 7.13. The quantitative estimate of drug-likeness (QED) is 0.683. The van der Waals surface area contributed by atoms with Crippen molar-refractivity contribution in [3.8, 4) is 5.75 Å². The number of hydrogen-bond acceptors (Lipinski definition) is 6. The van der Waals surface area contributed by atoms with E-state index < -0.39 is 23.5 Å². The Kier molecular flexibility index (Phi) is 5.63. The Morgan fingerprint density at radius 1 is 1.21 bits per heavy atom. The van der Waals surface area contributed by atoms with Crippen molar-refractivity contribution in [2.75, 3.05) is 13.7 Å². The highest BCUT2D eigenvalue weighted by Crippen LogP contribution is 2.37. The zero-order valence-corrected chi connectivity index (χ0v) is 19.3. The summed E-state index contributed by atoms with van der Waals surface area (Å²) in [6.07, 6.45) is 4.94. The SMILES string of the molecule is COc1ccc(C2=NN(C(=O)CN3C(=O)NC4(CCC(C)CC4)C3=O)C(c3ccco3)C2)cc1. The highest BCUT2D eigenvalue weighted by atomic mass is 16.5. The summed E-state index contributed by atoms with van der Waals surface area (Å²) in [5.41, 5.74) is 0.692. The van der Waals surface area contributed by atoms with Crippen LogP contribution in [0.3, 0.4) is 0 Å². The molecule has 5 rings (SSSR count). The van der Waals surface area contributed by atoms with E-state index >= 15 is 0 Å². The summed E-state index contributed by atoms with van der Waals surface area (Å²) in [6.45, 7) is 1.79. The molecule has 1 spiro atoms. The number of furan rings is 1. The van der Waals surface area contributed by atoms with Gasteiger partial charge in [0.15, 0.2) is 0 Å². The zero-order valence-electron chi connectivity index (χ0n) is 19.3. The topological polar surface area (TPSA) is 104 Å². The predicted octanol–water partition coefficient (Wildman–Crippen LogP) is 3.47. The molecule has 0 radical (unpaired) electrons. The van der Waals surface area contributed by atoms with Gasteiger partial charge < -0.3 is 14.5 Å². The van der Waals surface area contributed by atoms with Crippen LogP contribution in [0.5, 0.6) is 5.75 Å². The Bertz CT molecular complexity index is 1120. The monoisotopic (exact) mass is 464 g/mol. The largest absolute Gasteiger partial charge is 0.497 e. The lowest BCUT2D eigenvalue weighted by atomic mass is 9.77. The molecule has 1 saturated carbocycles. The average molecular weight is 465 g/mol. The van der Waals surface area contributed by atoms with Gasteiger partial charge in [-0.15, -0.1) is 0 Å². The fourth-order valence-corrected chi connectivity index (χ4v) is 5.02. The summed E-state index contributed by atoms with van der Waals surface area (Å²) in [7, 11) is 1.60. The van der Waals surface area contributed by atoms with E-state index in [-0.39, 0.29) is 12.5 Å². The second-order valence-electron chi connectivity index (χ2n) is 9.33. The summed E-state index contributed by atoms with van der Waals surface area (Å²) < 4.78 is 10.8. The van der Waals surface area contributed by atoms with Crippen LogP contribution in [0.15, 0.2) is 52.2 Å². The molecule has 1 aromatic carbocycles. The first kappa shape index (κ1) is 22.2. The van der Waals surface area contributed by atoms with Crippen molar-refractivity contribution in [2.24, 2.45) is 11.0 Å². The molecule has 3 aliphatic rings. The number of nitrogens with zero attached hydrogens (tertiary/aromatic N) is 3. The van der Waals surface area contributed by atoms with Crippen LogP contribution < -0.4 is 10.1 Å². The summed E-state index contributed by atoms with van der Waals surface area (Å²) in [5, 5.41) is 8.80. The standard InChI is InChI=1S/C25H28N4O5/c1-16-9-11-25(12-10-16)23(31)28(24(32)26-25)15-22(30)29-20(21-4-3-13-34-21)14-19(27-29)17-5-7-18(33-2)8-6-17/h3-8,13,16,20H,9-12,14-15H2,1-2H3,(H,26,32). The highest BCUT2D eigenvalue weighted by molar-refractivity contribution is 6.09. The number of imide groups is 1. The maximum Gasteiger partial charge on any atom is 0.325 e. The summed E-state index contributed by atoms with van der Waals surface area (Å²) in [6, 6.07) is 10.0. The van der Waals surface area contributed by atoms with Gasteiger partial charge >= 0.3 is 6.03 Å². The van der Waals surface area contributed by atoms with Crippen LogP contribution in [-0.4, -0.2) is 52.7 Å². The Labute approximate surface area is 197 Å². The van der Waals surface area contributed by atoms with E-state index in [1.165, 1.54) is 5.01 Å². The van der Waals surface area contributed by atoms with Crippen LogP contribution in [0.25, 0.3) is 0 Å². The van der Waals surface area contributed by atoms with E-state index in [1.807, 2.05) is 24.3 Å². The molecule has 34 heavy (non-hydrogen) atoms.